The number of fused-ring (bicyclic) bond motifs is 1. The van der Waals surface area contributed by atoms with Crippen LogP contribution in [0.5, 0.6) is 5.75 Å². The van der Waals surface area contributed by atoms with Crippen molar-refractivity contribution in [3.63, 3.8) is 0 Å². The van der Waals surface area contributed by atoms with Crippen molar-refractivity contribution in [2.45, 2.75) is 11.8 Å². The van der Waals surface area contributed by atoms with Crippen LogP contribution in [0, 0.1) is 0 Å². The number of carbonyl (C=O) groups is 2. The monoisotopic (exact) mass is 490 g/mol. The molecule has 0 saturated carbocycles. The average Bonchev–Trinajstić information content (AvgIpc) is 2.87. The lowest BCUT2D eigenvalue weighted by atomic mass is 10.2. The summed E-state index contributed by atoms with van der Waals surface area (Å²) in [5.74, 6) is -0.649. The molecule has 1 aromatic heterocycles. The lowest BCUT2D eigenvalue weighted by molar-refractivity contribution is 0.0844. The first-order chi connectivity index (χ1) is 16.9. The summed E-state index contributed by atoms with van der Waals surface area (Å²) in [6, 6.07) is 22.5. The van der Waals surface area contributed by atoms with Gasteiger partial charge in [-0.3, -0.25) is 25.2 Å². The quantitative estimate of drug-likeness (QED) is 0.340. The Balaban J connectivity index is 1.41. The van der Waals surface area contributed by atoms with E-state index in [2.05, 4.69) is 20.6 Å². The minimum atomic E-state index is -3.88. The summed E-state index contributed by atoms with van der Waals surface area (Å²) in [6.45, 7) is 2.31. The van der Waals surface area contributed by atoms with E-state index in [1.807, 2.05) is 25.1 Å². The Morgan fingerprint density at radius 2 is 1.60 bits per heavy atom. The van der Waals surface area contributed by atoms with Crippen LogP contribution in [-0.2, 0) is 10.0 Å². The number of ether oxygens (including phenoxy) is 1. The molecule has 2 amide bonds. The molecule has 0 aliphatic carbocycles. The summed E-state index contributed by atoms with van der Waals surface area (Å²) >= 11 is 0. The van der Waals surface area contributed by atoms with Gasteiger partial charge in [-0.15, -0.1) is 0 Å². The molecular formula is C25H22N4O5S. The van der Waals surface area contributed by atoms with Crippen molar-refractivity contribution in [2.24, 2.45) is 0 Å². The molecule has 0 fully saturated rings. The molecule has 0 saturated heterocycles. The third kappa shape index (κ3) is 5.74. The predicted molar refractivity (Wildman–Crippen MR) is 132 cm³/mol. The molecule has 10 heteroatoms. The molecule has 9 nitrogen and oxygen atoms in total. The van der Waals surface area contributed by atoms with Gasteiger partial charge in [-0.05, 0) is 61.5 Å². The maximum atomic E-state index is 12.7. The third-order valence-corrected chi connectivity index (χ3v) is 6.34. The number of nitrogens with one attached hydrogen (secondary N) is 3. The molecular weight excluding hydrogens is 468 g/mol. The largest absolute Gasteiger partial charge is 0.494 e. The Kier molecular flexibility index (Phi) is 6.93. The molecule has 0 radical (unpaired) electrons. The van der Waals surface area contributed by atoms with Crippen molar-refractivity contribution in [1.29, 1.82) is 0 Å². The molecule has 4 aromatic rings. The van der Waals surface area contributed by atoms with E-state index >= 15 is 0 Å². The fourth-order valence-corrected chi connectivity index (χ4v) is 4.31. The van der Waals surface area contributed by atoms with Gasteiger partial charge in [0.15, 0.2) is 0 Å². The normalized spacial score (nSPS) is 11.0. The molecule has 0 spiro atoms. The second-order valence-electron chi connectivity index (χ2n) is 7.39. The summed E-state index contributed by atoms with van der Waals surface area (Å²) < 4.78 is 33.2. The Labute approximate surface area is 202 Å². The average molecular weight is 491 g/mol. The third-order valence-electron chi connectivity index (χ3n) is 4.94. The minimum absolute atomic E-state index is 0.0472. The molecule has 0 unspecified atom stereocenters. The van der Waals surface area contributed by atoms with Crippen molar-refractivity contribution in [1.82, 2.24) is 15.8 Å². The first-order valence-electron chi connectivity index (χ1n) is 10.7. The summed E-state index contributed by atoms with van der Waals surface area (Å²) in [5, 5.41) is 0.887. The summed E-state index contributed by atoms with van der Waals surface area (Å²) in [7, 11) is -3.88. The maximum absolute atomic E-state index is 12.7. The Morgan fingerprint density at radius 3 is 2.37 bits per heavy atom. The molecule has 3 N–H and O–H groups in total. The van der Waals surface area contributed by atoms with Crippen LogP contribution in [0.2, 0.25) is 0 Å². The SMILES string of the molecule is CCOc1ccc(S(=O)(=O)Nc2cccc(C(=O)NNC(=O)c3ccc4ccccc4n3)c2)cc1. The van der Waals surface area contributed by atoms with Crippen LogP contribution in [0.25, 0.3) is 10.9 Å². The lowest BCUT2D eigenvalue weighted by Crippen LogP contribution is -2.42. The standard InChI is InChI=1S/C25H22N4O5S/c1-2-34-20-11-13-21(14-12-20)35(32,33)29-19-8-5-7-18(16-19)24(30)27-28-25(31)23-15-10-17-6-3-4-9-22(17)26-23/h3-16,29H,2H2,1H3,(H,27,30)(H,28,31). The first kappa shape index (κ1) is 23.7. The molecule has 0 aliphatic rings. The van der Waals surface area contributed by atoms with Gasteiger partial charge in [-0.2, -0.15) is 0 Å². The van der Waals surface area contributed by atoms with Crippen LogP contribution in [0.4, 0.5) is 5.69 Å². The number of benzene rings is 3. The molecule has 4 rings (SSSR count). The fraction of sp³-hybridized carbons (Fsp3) is 0.0800. The molecule has 0 atom stereocenters. The van der Waals surface area contributed by atoms with Gasteiger partial charge in [0.05, 0.1) is 17.0 Å². The molecule has 0 aliphatic heterocycles. The molecule has 0 bridgehead atoms. The number of hydrogen-bond acceptors (Lipinski definition) is 6. The van der Waals surface area contributed by atoms with Crippen LogP contribution in [0.15, 0.2) is 89.8 Å². The summed E-state index contributed by atoms with van der Waals surface area (Å²) in [4.78, 5) is 29.3. The number of sulfonamides is 1. The maximum Gasteiger partial charge on any atom is 0.288 e. The number of hydrogen-bond donors (Lipinski definition) is 3. The molecule has 178 valence electrons. The van der Waals surface area contributed by atoms with E-state index in [0.29, 0.717) is 17.9 Å². The molecule has 1 heterocycles. The number of para-hydroxylation sites is 1. The number of aromatic nitrogens is 1. The number of amides is 2. The van der Waals surface area contributed by atoms with Crippen LogP contribution < -0.4 is 20.3 Å². The highest BCUT2D eigenvalue weighted by atomic mass is 32.2. The number of rotatable bonds is 7. The van der Waals surface area contributed by atoms with Crippen molar-refractivity contribution in [3.8, 4) is 5.75 Å². The molecule has 3 aromatic carbocycles. The van der Waals surface area contributed by atoms with Gasteiger partial charge >= 0.3 is 0 Å². The van der Waals surface area contributed by atoms with E-state index in [4.69, 9.17) is 4.74 Å². The predicted octanol–water partition coefficient (Wildman–Crippen LogP) is 3.51. The minimum Gasteiger partial charge on any atom is -0.494 e. The molecule has 35 heavy (non-hydrogen) atoms. The zero-order valence-corrected chi connectivity index (χ0v) is 19.5. The highest BCUT2D eigenvalue weighted by Gasteiger charge is 2.16. The van der Waals surface area contributed by atoms with Gasteiger partial charge in [-0.1, -0.05) is 30.3 Å². The number of pyridine rings is 1. The topological polar surface area (TPSA) is 126 Å². The van der Waals surface area contributed by atoms with Crippen LogP contribution >= 0.6 is 0 Å². The number of hydrazine groups is 1. The Morgan fingerprint density at radius 1 is 0.857 bits per heavy atom. The number of carbonyl (C=O) groups excluding carboxylic acids is 2. The van der Waals surface area contributed by atoms with Gasteiger partial charge in [0, 0.05) is 16.6 Å². The van der Waals surface area contributed by atoms with Gasteiger partial charge in [0.25, 0.3) is 21.8 Å². The number of anilines is 1. The van der Waals surface area contributed by atoms with Gasteiger partial charge in [0.1, 0.15) is 11.4 Å². The second-order valence-corrected chi connectivity index (χ2v) is 9.07. The van der Waals surface area contributed by atoms with E-state index in [1.165, 1.54) is 36.4 Å². The van der Waals surface area contributed by atoms with E-state index < -0.39 is 21.8 Å². The van der Waals surface area contributed by atoms with Crippen molar-refractivity contribution in [2.75, 3.05) is 11.3 Å². The van der Waals surface area contributed by atoms with E-state index in [-0.39, 0.29) is 21.8 Å². The Hall–Kier alpha value is -4.44. The van der Waals surface area contributed by atoms with Crippen molar-refractivity contribution < 1.29 is 22.7 Å². The van der Waals surface area contributed by atoms with Crippen LogP contribution in [0.3, 0.4) is 0 Å². The van der Waals surface area contributed by atoms with Crippen molar-refractivity contribution in [3.05, 3.63) is 96.2 Å². The zero-order valence-electron chi connectivity index (χ0n) is 18.7. The smallest absolute Gasteiger partial charge is 0.288 e. The fourth-order valence-electron chi connectivity index (χ4n) is 3.26. The lowest BCUT2D eigenvalue weighted by Gasteiger charge is -2.11. The van der Waals surface area contributed by atoms with Crippen LogP contribution in [0.1, 0.15) is 27.8 Å². The van der Waals surface area contributed by atoms with Crippen LogP contribution in [-0.4, -0.2) is 31.8 Å². The van der Waals surface area contributed by atoms with Gasteiger partial charge in [-0.25, -0.2) is 13.4 Å². The van der Waals surface area contributed by atoms with E-state index in [0.717, 1.165) is 5.39 Å². The number of nitrogens with zero attached hydrogens (tertiary/aromatic N) is 1. The summed E-state index contributed by atoms with van der Waals surface area (Å²) in [6.07, 6.45) is 0. The summed E-state index contributed by atoms with van der Waals surface area (Å²) in [5.41, 5.74) is 5.76. The highest BCUT2D eigenvalue weighted by molar-refractivity contribution is 7.92. The van der Waals surface area contributed by atoms with E-state index in [9.17, 15) is 18.0 Å². The zero-order chi connectivity index (χ0) is 24.8. The Bertz CT molecular complexity index is 1490. The highest BCUT2D eigenvalue weighted by Crippen LogP contribution is 2.20. The first-order valence-corrected chi connectivity index (χ1v) is 12.2. The van der Waals surface area contributed by atoms with Crippen molar-refractivity contribution >= 4 is 38.4 Å². The van der Waals surface area contributed by atoms with Gasteiger partial charge in [0.2, 0.25) is 0 Å². The van der Waals surface area contributed by atoms with Gasteiger partial charge < -0.3 is 4.74 Å². The van der Waals surface area contributed by atoms with E-state index in [1.54, 1.807) is 30.3 Å². The second kappa shape index (κ2) is 10.2.